The fraction of sp³-hybridized carbons (Fsp3) is 0.316. The van der Waals surface area contributed by atoms with Crippen molar-refractivity contribution in [3.63, 3.8) is 0 Å². The molecule has 0 spiro atoms. The molecule has 2 rings (SSSR count). The van der Waals surface area contributed by atoms with Gasteiger partial charge in [-0.1, -0.05) is 41.4 Å². The van der Waals surface area contributed by atoms with Gasteiger partial charge >= 0.3 is 0 Å². The highest BCUT2D eigenvalue weighted by Gasteiger charge is 2.30. The normalized spacial score (nSPS) is 12.5. The Morgan fingerprint density at radius 1 is 1.15 bits per heavy atom. The Balaban J connectivity index is 2.26. The quantitative estimate of drug-likeness (QED) is 0.753. The van der Waals surface area contributed by atoms with Gasteiger partial charge in [0.2, 0.25) is 15.9 Å². The minimum Gasteiger partial charge on any atom is -0.350 e. The second-order valence-corrected chi connectivity index (χ2v) is 9.18. The monoisotopic (exact) mass is 428 g/mol. The number of carbonyl (C=O) groups excluding carboxylic acids is 1. The zero-order valence-electron chi connectivity index (χ0n) is 15.6. The number of hydrogen-bond donors (Lipinski definition) is 1. The smallest absolute Gasteiger partial charge is 0.243 e. The standard InChI is InChI=1S/C19H22Cl2N2O3S/c1-12-5-6-13(2)18(9-12)23(27(4,25)26)14(3)19(24)22-11-15-7-8-16(20)10-17(15)21/h5-10,14H,11H2,1-4H3,(H,22,24)/t14-/m0/s1. The predicted octanol–water partition coefficient (Wildman–Crippen LogP) is 4.08. The summed E-state index contributed by atoms with van der Waals surface area (Å²) in [7, 11) is -3.67. The zero-order valence-corrected chi connectivity index (χ0v) is 17.9. The van der Waals surface area contributed by atoms with E-state index in [1.54, 1.807) is 31.2 Å². The summed E-state index contributed by atoms with van der Waals surface area (Å²) in [5, 5.41) is 3.68. The summed E-state index contributed by atoms with van der Waals surface area (Å²) in [6.45, 7) is 5.41. The van der Waals surface area contributed by atoms with Crippen LogP contribution in [-0.4, -0.2) is 26.6 Å². The molecule has 1 N–H and O–H groups in total. The molecule has 146 valence electrons. The van der Waals surface area contributed by atoms with E-state index in [1.807, 2.05) is 26.0 Å². The number of sulfonamides is 1. The molecule has 0 heterocycles. The van der Waals surface area contributed by atoms with E-state index < -0.39 is 22.0 Å². The van der Waals surface area contributed by atoms with Crippen LogP contribution in [0, 0.1) is 13.8 Å². The second-order valence-electron chi connectivity index (χ2n) is 6.48. The van der Waals surface area contributed by atoms with Crippen molar-refractivity contribution in [2.24, 2.45) is 0 Å². The molecule has 2 aromatic carbocycles. The molecule has 0 radical (unpaired) electrons. The van der Waals surface area contributed by atoms with Crippen LogP contribution in [0.2, 0.25) is 10.0 Å². The lowest BCUT2D eigenvalue weighted by Crippen LogP contribution is -2.48. The van der Waals surface area contributed by atoms with Crippen LogP contribution < -0.4 is 9.62 Å². The van der Waals surface area contributed by atoms with Crippen molar-refractivity contribution in [1.29, 1.82) is 0 Å². The van der Waals surface area contributed by atoms with Gasteiger partial charge in [-0.15, -0.1) is 0 Å². The Morgan fingerprint density at radius 3 is 2.41 bits per heavy atom. The van der Waals surface area contributed by atoms with Gasteiger partial charge in [-0.3, -0.25) is 9.10 Å². The van der Waals surface area contributed by atoms with Crippen LogP contribution in [-0.2, 0) is 21.4 Å². The number of nitrogens with zero attached hydrogens (tertiary/aromatic N) is 1. The molecule has 0 aromatic heterocycles. The fourth-order valence-corrected chi connectivity index (χ4v) is 4.43. The maximum atomic E-state index is 12.7. The van der Waals surface area contributed by atoms with E-state index in [0.717, 1.165) is 21.7 Å². The van der Waals surface area contributed by atoms with Gasteiger partial charge in [-0.2, -0.15) is 0 Å². The first kappa shape index (κ1) is 21.5. The van der Waals surface area contributed by atoms with Gasteiger partial charge in [0.05, 0.1) is 11.9 Å². The number of benzene rings is 2. The number of anilines is 1. The summed E-state index contributed by atoms with van der Waals surface area (Å²) < 4.78 is 26.0. The molecule has 0 aliphatic carbocycles. The molecule has 0 aliphatic heterocycles. The first-order valence-corrected chi connectivity index (χ1v) is 10.9. The van der Waals surface area contributed by atoms with Gasteiger partial charge in [0.25, 0.3) is 0 Å². The van der Waals surface area contributed by atoms with Gasteiger partial charge in [-0.25, -0.2) is 8.42 Å². The summed E-state index contributed by atoms with van der Waals surface area (Å²) in [5.74, 6) is -0.424. The van der Waals surface area contributed by atoms with Crippen LogP contribution in [0.1, 0.15) is 23.6 Å². The van der Waals surface area contributed by atoms with Crippen molar-refractivity contribution in [2.75, 3.05) is 10.6 Å². The molecule has 1 atom stereocenters. The number of amides is 1. The van der Waals surface area contributed by atoms with Crippen LogP contribution in [0.15, 0.2) is 36.4 Å². The van der Waals surface area contributed by atoms with Crippen LogP contribution in [0.4, 0.5) is 5.69 Å². The molecular weight excluding hydrogens is 407 g/mol. The van der Waals surface area contributed by atoms with Crippen molar-refractivity contribution < 1.29 is 13.2 Å². The van der Waals surface area contributed by atoms with Gasteiger partial charge in [0, 0.05) is 16.6 Å². The minimum absolute atomic E-state index is 0.170. The lowest BCUT2D eigenvalue weighted by atomic mass is 10.1. The van der Waals surface area contributed by atoms with E-state index in [-0.39, 0.29) is 6.54 Å². The number of rotatable bonds is 6. The molecule has 27 heavy (non-hydrogen) atoms. The SMILES string of the molecule is Cc1ccc(C)c(N([C@@H](C)C(=O)NCc2ccc(Cl)cc2Cl)S(C)(=O)=O)c1. The number of aryl methyl sites for hydroxylation is 2. The molecule has 0 saturated carbocycles. The average molecular weight is 429 g/mol. The highest BCUT2D eigenvalue weighted by molar-refractivity contribution is 7.92. The van der Waals surface area contributed by atoms with Crippen LogP contribution in [0.5, 0.6) is 0 Å². The second kappa shape index (κ2) is 8.50. The van der Waals surface area contributed by atoms with Crippen LogP contribution in [0.3, 0.4) is 0 Å². The van der Waals surface area contributed by atoms with Crippen molar-refractivity contribution in [2.45, 2.75) is 33.4 Å². The number of carbonyl (C=O) groups is 1. The zero-order chi connectivity index (χ0) is 20.4. The van der Waals surface area contributed by atoms with Crippen molar-refractivity contribution in [1.82, 2.24) is 5.32 Å². The maximum Gasteiger partial charge on any atom is 0.243 e. The highest BCUT2D eigenvalue weighted by Crippen LogP contribution is 2.26. The number of hydrogen-bond acceptors (Lipinski definition) is 3. The molecule has 0 fully saturated rings. The predicted molar refractivity (Wildman–Crippen MR) is 111 cm³/mol. The number of halogens is 2. The van der Waals surface area contributed by atoms with Gasteiger partial charge in [0.15, 0.2) is 0 Å². The van der Waals surface area contributed by atoms with E-state index in [9.17, 15) is 13.2 Å². The third-order valence-electron chi connectivity index (χ3n) is 4.16. The average Bonchev–Trinajstić information content (AvgIpc) is 2.55. The fourth-order valence-electron chi connectivity index (χ4n) is 2.73. The molecule has 0 aliphatic rings. The molecule has 5 nitrogen and oxygen atoms in total. The number of nitrogens with one attached hydrogen (secondary N) is 1. The maximum absolute atomic E-state index is 12.7. The molecule has 2 aromatic rings. The molecule has 0 saturated heterocycles. The van der Waals surface area contributed by atoms with E-state index >= 15 is 0 Å². The Bertz CT molecular complexity index is 961. The largest absolute Gasteiger partial charge is 0.350 e. The Hall–Kier alpha value is -1.76. The van der Waals surface area contributed by atoms with Gasteiger partial charge in [-0.05, 0) is 55.7 Å². The third kappa shape index (κ3) is 5.37. The molecule has 0 bridgehead atoms. The van der Waals surface area contributed by atoms with Crippen molar-refractivity contribution >= 4 is 44.8 Å². The topological polar surface area (TPSA) is 66.5 Å². The first-order chi connectivity index (χ1) is 12.5. The molecular formula is C19H22Cl2N2O3S. The third-order valence-corrected chi connectivity index (χ3v) is 5.97. The summed E-state index contributed by atoms with van der Waals surface area (Å²) in [4.78, 5) is 12.7. The van der Waals surface area contributed by atoms with Gasteiger partial charge < -0.3 is 5.32 Å². The minimum atomic E-state index is -3.67. The Morgan fingerprint density at radius 2 is 1.81 bits per heavy atom. The lowest BCUT2D eigenvalue weighted by molar-refractivity contribution is -0.122. The summed E-state index contributed by atoms with van der Waals surface area (Å²) in [6, 6.07) is 9.55. The summed E-state index contributed by atoms with van der Waals surface area (Å²) >= 11 is 12.0. The molecule has 0 unspecified atom stereocenters. The molecule has 8 heteroatoms. The van der Waals surface area contributed by atoms with Gasteiger partial charge in [0.1, 0.15) is 6.04 Å². The Kier molecular flexibility index (Phi) is 6.78. The van der Waals surface area contributed by atoms with E-state index in [2.05, 4.69) is 5.32 Å². The lowest BCUT2D eigenvalue weighted by Gasteiger charge is -2.29. The molecule has 1 amide bonds. The summed E-state index contributed by atoms with van der Waals surface area (Å²) in [6.07, 6.45) is 1.09. The van der Waals surface area contributed by atoms with Crippen molar-refractivity contribution in [3.8, 4) is 0 Å². The Labute approximate surface area is 170 Å². The first-order valence-electron chi connectivity index (χ1n) is 8.29. The van der Waals surface area contributed by atoms with E-state index in [0.29, 0.717) is 21.3 Å². The van der Waals surface area contributed by atoms with Crippen molar-refractivity contribution in [3.05, 3.63) is 63.1 Å². The highest BCUT2D eigenvalue weighted by atomic mass is 35.5. The summed E-state index contributed by atoms with van der Waals surface area (Å²) in [5.41, 5.74) is 2.86. The van der Waals surface area contributed by atoms with Crippen LogP contribution in [0.25, 0.3) is 0 Å². The van der Waals surface area contributed by atoms with E-state index in [1.165, 1.54) is 0 Å². The van der Waals surface area contributed by atoms with E-state index in [4.69, 9.17) is 23.2 Å². The van der Waals surface area contributed by atoms with Crippen LogP contribution >= 0.6 is 23.2 Å².